The molecular weight excluding hydrogens is 270 g/mol. The first-order valence-electron chi connectivity index (χ1n) is 6.32. The Bertz CT molecular complexity index is 427. The van der Waals surface area contributed by atoms with Gasteiger partial charge in [0.25, 0.3) is 6.08 Å². The third kappa shape index (κ3) is 3.01. The van der Waals surface area contributed by atoms with Crippen LogP contribution in [0.3, 0.4) is 0 Å². The molecule has 1 aromatic rings. The minimum Gasteiger partial charge on any atom is -0.174 e. The van der Waals surface area contributed by atoms with Gasteiger partial charge in [-0.25, -0.2) is 0 Å². The molecule has 18 heavy (non-hydrogen) atoms. The van der Waals surface area contributed by atoms with Crippen molar-refractivity contribution in [3.05, 3.63) is 40.9 Å². The molecule has 0 atom stereocenters. The van der Waals surface area contributed by atoms with E-state index >= 15 is 0 Å². The lowest BCUT2D eigenvalue weighted by Crippen LogP contribution is -2.34. The summed E-state index contributed by atoms with van der Waals surface area (Å²) in [6.07, 6.45) is -1.53. The van der Waals surface area contributed by atoms with Gasteiger partial charge in [-0.15, -0.1) is 0 Å². The van der Waals surface area contributed by atoms with Crippen LogP contribution in [0.5, 0.6) is 0 Å². The van der Waals surface area contributed by atoms with Crippen molar-refractivity contribution in [2.24, 2.45) is 0 Å². The Morgan fingerprint density at radius 2 is 1.67 bits per heavy atom. The Balaban J connectivity index is 3.41. The molecular formula is C14H19ClF2Si. The SMILES string of the molecule is CC[Si](CC)(CC)C(=C(F)F)c1cccc(Cl)c1. The van der Waals surface area contributed by atoms with Crippen LogP contribution in [0.1, 0.15) is 26.3 Å². The minimum atomic E-state index is -2.10. The van der Waals surface area contributed by atoms with E-state index in [0.717, 1.165) is 18.1 Å². The van der Waals surface area contributed by atoms with E-state index in [1.165, 1.54) is 0 Å². The predicted octanol–water partition coefficient (Wildman–Crippen LogP) is 6.00. The number of benzene rings is 1. The summed E-state index contributed by atoms with van der Waals surface area (Å²) in [5.74, 6) is 0. The van der Waals surface area contributed by atoms with Gasteiger partial charge in [-0.2, -0.15) is 8.78 Å². The highest BCUT2D eigenvalue weighted by Gasteiger charge is 2.35. The molecule has 0 aliphatic heterocycles. The molecule has 0 spiro atoms. The topological polar surface area (TPSA) is 0 Å². The van der Waals surface area contributed by atoms with Crippen LogP contribution in [0.25, 0.3) is 5.20 Å². The molecule has 0 bridgehead atoms. The van der Waals surface area contributed by atoms with Crippen molar-refractivity contribution in [3.63, 3.8) is 0 Å². The number of rotatable bonds is 5. The molecule has 0 saturated carbocycles. The first kappa shape index (κ1) is 15.4. The lowest BCUT2D eigenvalue weighted by atomic mass is 10.2. The zero-order chi connectivity index (χ0) is 13.8. The zero-order valence-electron chi connectivity index (χ0n) is 11.1. The average Bonchev–Trinajstić information content (AvgIpc) is 2.35. The van der Waals surface area contributed by atoms with Crippen LogP contribution >= 0.6 is 11.6 Å². The molecule has 0 amide bonds. The van der Waals surface area contributed by atoms with Crippen molar-refractivity contribution in [1.29, 1.82) is 0 Å². The van der Waals surface area contributed by atoms with Crippen molar-refractivity contribution < 1.29 is 8.78 Å². The molecule has 0 heterocycles. The fourth-order valence-electron chi connectivity index (χ4n) is 2.54. The third-order valence-electron chi connectivity index (χ3n) is 3.86. The Kier molecular flexibility index (Phi) is 5.54. The molecule has 100 valence electrons. The molecule has 0 fully saturated rings. The normalized spacial score (nSPS) is 11.4. The van der Waals surface area contributed by atoms with E-state index in [0.29, 0.717) is 10.6 Å². The van der Waals surface area contributed by atoms with Crippen LogP contribution in [-0.2, 0) is 0 Å². The van der Waals surface area contributed by atoms with Crippen molar-refractivity contribution in [1.82, 2.24) is 0 Å². The second-order valence-electron chi connectivity index (χ2n) is 4.49. The molecule has 0 nitrogen and oxygen atoms in total. The predicted molar refractivity (Wildman–Crippen MR) is 77.8 cm³/mol. The van der Waals surface area contributed by atoms with E-state index in [9.17, 15) is 8.78 Å². The molecule has 0 N–H and O–H groups in total. The summed E-state index contributed by atoms with van der Waals surface area (Å²) in [5.41, 5.74) is 0.597. The third-order valence-corrected chi connectivity index (χ3v) is 9.70. The smallest absolute Gasteiger partial charge is 0.174 e. The quantitative estimate of drug-likeness (QED) is 0.583. The molecule has 0 aromatic heterocycles. The first-order chi connectivity index (χ1) is 8.50. The Hall–Kier alpha value is -0.673. The summed E-state index contributed by atoms with van der Waals surface area (Å²) >= 11 is 5.92. The summed E-state index contributed by atoms with van der Waals surface area (Å²) in [6, 6.07) is 9.34. The van der Waals surface area contributed by atoms with Gasteiger partial charge in [0.05, 0.1) is 8.07 Å². The van der Waals surface area contributed by atoms with Gasteiger partial charge >= 0.3 is 0 Å². The van der Waals surface area contributed by atoms with Gasteiger partial charge in [0.15, 0.2) is 0 Å². The fourth-order valence-corrected chi connectivity index (χ4v) is 6.46. The van der Waals surface area contributed by atoms with Gasteiger partial charge in [-0.3, -0.25) is 0 Å². The maximum atomic E-state index is 13.4. The van der Waals surface area contributed by atoms with Crippen LogP contribution in [0.2, 0.25) is 23.2 Å². The second kappa shape index (κ2) is 6.48. The summed E-state index contributed by atoms with van der Waals surface area (Å²) in [4.78, 5) is 0. The van der Waals surface area contributed by atoms with Gasteiger partial charge in [-0.1, -0.05) is 62.6 Å². The largest absolute Gasteiger partial charge is 0.270 e. The maximum absolute atomic E-state index is 13.4. The van der Waals surface area contributed by atoms with Gasteiger partial charge < -0.3 is 0 Å². The van der Waals surface area contributed by atoms with Crippen molar-refractivity contribution >= 4 is 24.9 Å². The molecule has 0 unspecified atom stereocenters. The van der Waals surface area contributed by atoms with E-state index in [-0.39, 0.29) is 5.20 Å². The van der Waals surface area contributed by atoms with Crippen LogP contribution in [0.4, 0.5) is 8.78 Å². The molecule has 0 saturated heterocycles. The Labute approximate surface area is 114 Å². The first-order valence-corrected chi connectivity index (χ1v) is 9.32. The van der Waals surface area contributed by atoms with Crippen LogP contribution in [-0.4, -0.2) is 8.07 Å². The van der Waals surface area contributed by atoms with Gasteiger partial charge in [0.1, 0.15) is 0 Å². The average molecular weight is 289 g/mol. The monoisotopic (exact) mass is 288 g/mol. The van der Waals surface area contributed by atoms with Crippen LogP contribution < -0.4 is 0 Å². The summed E-state index contributed by atoms with van der Waals surface area (Å²) in [6.45, 7) is 6.06. The zero-order valence-corrected chi connectivity index (χ0v) is 12.8. The highest BCUT2D eigenvalue weighted by Crippen LogP contribution is 2.38. The minimum absolute atomic E-state index is 0.289. The molecule has 1 rings (SSSR count). The highest BCUT2D eigenvalue weighted by atomic mass is 35.5. The highest BCUT2D eigenvalue weighted by molar-refractivity contribution is 6.96. The summed E-state index contributed by atoms with van der Waals surface area (Å²) < 4.78 is 26.9. The standard InChI is InChI=1S/C14H19ClF2Si/c1-4-18(5-2,6-3)13(14(16)17)11-8-7-9-12(15)10-11/h7-10H,4-6H2,1-3H3. The summed E-state index contributed by atoms with van der Waals surface area (Å²) in [5, 5.41) is 0.801. The molecule has 4 heteroatoms. The van der Waals surface area contributed by atoms with E-state index in [1.54, 1.807) is 24.3 Å². The van der Waals surface area contributed by atoms with Crippen LogP contribution in [0, 0.1) is 0 Å². The van der Waals surface area contributed by atoms with E-state index in [4.69, 9.17) is 11.6 Å². The van der Waals surface area contributed by atoms with E-state index in [1.807, 2.05) is 20.8 Å². The molecule has 0 aliphatic rings. The Morgan fingerprint density at radius 3 is 2.06 bits per heavy atom. The van der Waals surface area contributed by atoms with Crippen molar-refractivity contribution in [2.45, 2.75) is 38.9 Å². The van der Waals surface area contributed by atoms with E-state index < -0.39 is 14.2 Å². The van der Waals surface area contributed by atoms with Crippen molar-refractivity contribution in [2.75, 3.05) is 0 Å². The molecule has 0 aliphatic carbocycles. The number of halogens is 3. The Morgan fingerprint density at radius 1 is 1.11 bits per heavy atom. The number of hydrogen-bond donors (Lipinski definition) is 0. The lowest BCUT2D eigenvalue weighted by Gasteiger charge is -2.30. The van der Waals surface area contributed by atoms with Crippen molar-refractivity contribution in [3.8, 4) is 0 Å². The van der Waals surface area contributed by atoms with E-state index in [2.05, 4.69) is 0 Å². The van der Waals surface area contributed by atoms with Gasteiger partial charge in [0, 0.05) is 10.2 Å². The lowest BCUT2D eigenvalue weighted by molar-refractivity contribution is 0.427. The second-order valence-corrected chi connectivity index (χ2v) is 10.1. The molecule has 1 aromatic carbocycles. The van der Waals surface area contributed by atoms with Gasteiger partial charge in [0.2, 0.25) is 0 Å². The number of hydrogen-bond acceptors (Lipinski definition) is 0. The van der Waals surface area contributed by atoms with Gasteiger partial charge in [-0.05, 0) is 17.7 Å². The van der Waals surface area contributed by atoms with Crippen LogP contribution in [0.15, 0.2) is 30.3 Å². The fraction of sp³-hybridized carbons (Fsp3) is 0.429. The summed E-state index contributed by atoms with van der Waals surface area (Å²) in [7, 11) is -2.10. The molecule has 0 radical (unpaired) electrons. The maximum Gasteiger partial charge on any atom is 0.270 e.